The number of imidazole rings is 1. The van der Waals surface area contributed by atoms with E-state index in [-0.39, 0.29) is 10.3 Å². The van der Waals surface area contributed by atoms with Gasteiger partial charge < -0.3 is 15.0 Å². The molecule has 7 nitrogen and oxygen atoms in total. The minimum Gasteiger partial charge on any atom is -0.399 e. The lowest BCUT2D eigenvalue weighted by atomic mass is 9.94. The van der Waals surface area contributed by atoms with E-state index in [0.29, 0.717) is 17.3 Å². The largest absolute Gasteiger partial charge is 0.399 e. The average molecular weight is 457 g/mol. The van der Waals surface area contributed by atoms with Crippen LogP contribution in [0.25, 0.3) is 11.0 Å². The van der Waals surface area contributed by atoms with Crippen molar-refractivity contribution in [3.8, 4) is 0 Å². The van der Waals surface area contributed by atoms with Gasteiger partial charge in [0, 0.05) is 37.9 Å². The summed E-state index contributed by atoms with van der Waals surface area (Å²) in [4.78, 5) is 5.16. The number of nitrogen functional groups attached to an aromatic ring is 1. The maximum Gasteiger partial charge on any atom is 0.264 e. The Morgan fingerprint density at radius 2 is 1.78 bits per heavy atom. The minimum atomic E-state index is -3.70. The van der Waals surface area contributed by atoms with E-state index in [4.69, 9.17) is 15.5 Å². The van der Waals surface area contributed by atoms with Crippen LogP contribution in [0.4, 0.5) is 11.4 Å². The molecule has 0 saturated carbocycles. The van der Waals surface area contributed by atoms with Crippen LogP contribution in [0.1, 0.15) is 39.4 Å². The van der Waals surface area contributed by atoms with Crippen LogP contribution in [0.2, 0.25) is 0 Å². The standard InChI is InChI=1S/C24H32N4O3S/c1-24(2,3)23-26-21-15-19(27(4)32(29,30)20-8-5-18(25)6-9-20)7-10-22(21)28(23)16-17-11-13-31-14-12-17/h5-10,15,17H,11-14,16,25H2,1-4H3. The highest BCUT2D eigenvalue weighted by atomic mass is 32.2. The lowest BCUT2D eigenvalue weighted by Crippen LogP contribution is -2.26. The van der Waals surface area contributed by atoms with Crippen LogP contribution in [0.5, 0.6) is 0 Å². The van der Waals surface area contributed by atoms with Crippen LogP contribution in [0, 0.1) is 5.92 Å². The molecule has 172 valence electrons. The summed E-state index contributed by atoms with van der Waals surface area (Å²) in [5.74, 6) is 1.57. The Labute approximate surface area is 190 Å². The summed E-state index contributed by atoms with van der Waals surface area (Å²) in [6.07, 6.45) is 2.09. The lowest BCUT2D eigenvalue weighted by Gasteiger charge is -2.26. The molecular formula is C24H32N4O3S. The third-order valence-electron chi connectivity index (χ3n) is 6.09. The van der Waals surface area contributed by atoms with Crippen molar-refractivity contribution in [3.63, 3.8) is 0 Å². The molecule has 2 N–H and O–H groups in total. The van der Waals surface area contributed by atoms with E-state index in [0.717, 1.165) is 49.5 Å². The highest BCUT2D eigenvalue weighted by Gasteiger charge is 2.27. The highest BCUT2D eigenvalue weighted by molar-refractivity contribution is 7.92. The number of sulfonamides is 1. The fourth-order valence-electron chi connectivity index (χ4n) is 4.20. The van der Waals surface area contributed by atoms with Crippen molar-refractivity contribution in [1.29, 1.82) is 0 Å². The van der Waals surface area contributed by atoms with Gasteiger partial charge in [-0.15, -0.1) is 0 Å². The summed E-state index contributed by atoms with van der Waals surface area (Å²) in [6.45, 7) is 8.99. The Balaban J connectivity index is 1.73. The number of anilines is 2. The second-order valence-corrected chi connectivity index (χ2v) is 11.5. The van der Waals surface area contributed by atoms with E-state index in [1.165, 1.54) is 16.4 Å². The summed E-state index contributed by atoms with van der Waals surface area (Å²) < 4.78 is 35.4. The van der Waals surface area contributed by atoms with Crippen LogP contribution in [-0.4, -0.2) is 38.2 Å². The summed E-state index contributed by atoms with van der Waals surface area (Å²) in [5, 5.41) is 0. The quantitative estimate of drug-likeness (QED) is 0.582. The fraction of sp³-hybridized carbons (Fsp3) is 0.458. The second-order valence-electron chi connectivity index (χ2n) is 9.57. The van der Waals surface area contributed by atoms with Crippen molar-refractivity contribution in [2.45, 2.75) is 50.5 Å². The molecule has 0 radical (unpaired) electrons. The Hall–Kier alpha value is -2.58. The number of rotatable bonds is 5. The number of aromatic nitrogens is 2. The van der Waals surface area contributed by atoms with Gasteiger partial charge in [-0.05, 0) is 61.2 Å². The van der Waals surface area contributed by atoms with Gasteiger partial charge in [-0.2, -0.15) is 0 Å². The number of hydrogen-bond acceptors (Lipinski definition) is 5. The minimum absolute atomic E-state index is 0.133. The van der Waals surface area contributed by atoms with E-state index < -0.39 is 10.0 Å². The zero-order chi connectivity index (χ0) is 23.1. The number of ether oxygens (including phenoxy) is 1. The van der Waals surface area contributed by atoms with E-state index in [1.54, 1.807) is 19.2 Å². The van der Waals surface area contributed by atoms with E-state index in [2.05, 4.69) is 25.3 Å². The summed E-state index contributed by atoms with van der Waals surface area (Å²) in [7, 11) is -2.14. The number of hydrogen-bond donors (Lipinski definition) is 1. The van der Waals surface area contributed by atoms with Gasteiger partial charge in [0.15, 0.2) is 0 Å². The first-order valence-corrected chi connectivity index (χ1v) is 12.4. The van der Waals surface area contributed by atoms with Gasteiger partial charge in [-0.3, -0.25) is 4.31 Å². The van der Waals surface area contributed by atoms with Crippen LogP contribution in [0.3, 0.4) is 0 Å². The molecule has 0 bridgehead atoms. The van der Waals surface area contributed by atoms with Crippen LogP contribution in [0.15, 0.2) is 47.4 Å². The molecule has 0 aliphatic carbocycles. The first kappa shape index (κ1) is 22.6. The van der Waals surface area contributed by atoms with Gasteiger partial charge in [0.05, 0.1) is 21.6 Å². The molecule has 0 spiro atoms. The summed E-state index contributed by atoms with van der Waals surface area (Å²) in [6, 6.07) is 11.9. The molecule has 1 saturated heterocycles. The predicted molar refractivity (Wildman–Crippen MR) is 128 cm³/mol. The van der Waals surface area contributed by atoms with E-state index in [1.807, 2.05) is 18.2 Å². The first-order chi connectivity index (χ1) is 15.1. The monoisotopic (exact) mass is 456 g/mol. The first-order valence-electron chi connectivity index (χ1n) is 11.0. The van der Waals surface area contributed by atoms with Gasteiger partial charge in [0.25, 0.3) is 10.0 Å². The Bertz CT molecular complexity index is 1200. The zero-order valence-corrected chi connectivity index (χ0v) is 20.0. The molecule has 32 heavy (non-hydrogen) atoms. The smallest absolute Gasteiger partial charge is 0.264 e. The Morgan fingerprint density at radius 1 is 1.12 bits per heavy atom. The highest BCUT2D eigenvalue weighted by Crippen LogP contribution is 2.32. The van der Waals surface area contributed by atoms with Crippen molar-refractivity contribution < 1.29 is 13.2 Å². The topological polar surface area (TPSA) is 90.5 Å². The Kier molecular flexibility index (Phi) is 5.94. The number of fused-ring (bicyclic) bond motifs is 1. The van der Waals surface area contributed by atoms with Crippen LogP contribution >= 0.6 is 0 Å². The van der Waals surface area contributed by atoms with E-state index in [9.17, 15) is 8.42 Å². The maximum absolute atomic E-state index is 13.1. The van der Waals surface area contributed by atoms with Crippen molar-refractivity contribution in [1.82, 2.24) is 9.55 Å². The summed E-state index contributed by atoms with van der Waals surface area (Å²) in [5.41, 5.74) is 8.52. The summed E-state index contributed by atoms with van der Waals surface area (Å²) >= 11 is 0. The zero-order valence-electron chi connectivity index (χ0n) is 19.2. The number of nitrogens with two attached hydrogens (primary N) is 1. The van der Waals surface area contributed by atoms with Crippen molar-refractivity contribution in [2.75, 3.05) is 30.3 Å². The van der Waals surface area contributed by atoms with Gasteiger partial charge in [0.1, 0.15) is 5.82 Å². The van der Waals surface area contributed by atoms with E-state index >= 15 is 0 Å². The molecule has 1 aliphatic heterocycles. The molecule has 1 aromatic heterocycles. The molecule has 1 aliphatic rings. The average Bonchev–Trinajstić information content (AvgIpc) is 3.12. The molecule has 4 rings (SSSR count). The van der Waals surface area contributed by atoms with Crippen LogP contribution < -0.4 is 10.0 Å². The van der Waals surface area contributed by atoms with Gasteiger partial charge in [-0.1, -0.05) is 20.8 Å². The molecule has 1 fully saturated rings. The molecule has 0 atom stereocenters. The molecule has 3 aromatic rings. The van der Waals surface area contributed by atoms with Gasteiger partial charge in [-0.25, -0.2) is 13.4 Å². The third kappa shape index (κ3) is 4.34. The fourth-order valence-corrected chi connectivity index (χ4v) is 5.38. The van der Waals surface area contributed by atoms with Crippen LogP contribution in [-0.2, 0) is 26.7 Å². The lowest BCUT2D eigenvalue weighted by molar-refractivity contribution is 0.0611. The third-order valence-corrected chi connectivity index (χ3v) is 7.89. The van der Waals surface area contributed by atoms with Crippen molar-refractivity contribution in [2.24, 2.45) is 5.92 Å². The van der Waals surface area contributed by atoms with Crippen molar-refractivity contribution >= 4 is 32.4 Å². The predicted octanol–water partition coefficient (Wildman–Crippen LogP) is 4.17. The molecule has 0 unspecified atom stereocenters. The molecular weight excluding hydrogens is 424 g/mol. The maximum atomic E-state index is 13.1. The second kappa shape index (κ2) is 8.41. The molecule has 2 heterocycles. The Morgan fingerprint density at radius 3 is 2.41 bits per heavy atom. The van der Waals surface area contributed by atoms with Gasteiger partial charge in [0.2, 0.25) is 0 Å². The normalized spacial score (nSPS) is 15.9. The van der Waals surface area contributed by atoms with Gasteiger partial charge >= 0.3 is 0 Å². The molecule has 2 aromatic carbocycles. The molecule has 0 amide bonds. The molecule has 8 heteroatoms. The number of nitrogens with zero attached hydrogens (tertiary/aromatic N) is 3. The SMILES string of the molecule is CN(c1ccc2c(c1)nc(C(C)(C)C)n2CC1CCOCC1)S(=O)(=O)c1ccc(N)cc1. The number of benzene rings is 2. The van der Waals surface area contributed by atoms with Crippen molar-refractivity contribution in [3.05, 3.63) is 48.3 Å².